The van der Waals surface area contributed by atoms with Crippen LogP contribution >= 0.6 is 0 Å². The molecule has 0 heterocycles. The number of hydrogen-bond acceptors (Lipinski definition) is 5. The molecule has 0 amide bonds. The number of ether oxygens (including phenoxy) is 1. The van der Waals surface area contributed by atoms with Crippen molar-refractivity contribution in [1.29, 1.82) is 0 Å². The van der Waals surface area contributed by atoms with Crippen molar-refractivity contribution in [2.24, 2.45) is 5.92 Å². The van der Waals surface area contributed by atoms with E-state index in [1.54, 1.807) is 13.0 Å². The van der Waals surface area contributed by atoms with Crippen LogP contribution in [0.3, 0.4) is 0 Å². The molecule has 1 aromatic rings. The number of Topliss-reactive ketones (excluding diaryl/α,β-unsaturated/α-hetero) is 1. The SMILES string of the molecule is C=c1cc(C2CC2)c(N(CCCC(C(C)=O)C(=O)OCC)S(C)(=O)=O)cc1=C. The van der Waals surface area contributed by atoms with Crippen molar-refractivity contribution >= 4 is 40.6 Å². The van der Waals surface area contributed by atoms with Crippen molar-refractivity contribution in [1.82, 2.24) is 0 Å². The Hall–Kier alpha value is -2.15. The van der Waals surface area contributed by atoms with Gasteiger partial charge < -0.3 is 4.74 Å². The number of sulfonamides is 1. The number of carbonyl (C=O) groups excluding carboxylic acids is 2. The summed E-state index contributed by atoms with van der Waals surface area (Å²) in [4.78, 5) is 23.8. The molecule has 154 valence electrons. The predicted molar refractivity (Wildman–Crippen MR) is 111 cm³/mol. The van der Waals surface area contributed by atoms with Gasteiger partial charge >= 0.3 is 5.97 Å². The molecule has 1 aliphatic carbocycles. The van der Waals surface area contributed by atoms with Crippen LogP contribution in [0, 0.1) is 5.92 Å². The van der Waals surface area contributed by atoms with Gasteiger partial charge in [0.05, 0.1) is 18.6 Å². The maximum Gasteiger partial charge on any atom is 0.316 e. The molecule has 0 spiro atoms. The van der Waals surface area contributed by atoms with Gasteiger partial charge in [0.2, 0.25) is 10.0 Å². The fourth-order valence-corrected chi connectivity index (χ4v) is 4.24. The number of ketones is 1. The van der Waals surface area contributed by atoms with Crippen LogP contribution in [-0.4, -0.2) is 39.6 Å². The largest absolute Gasteiger partial charge is 0.465 e. The summed E-state index contributed by atoms with van der Waals surface area (Å²) in [5, 5.41) is 1.47. The average Bonchev–Trinajstić information content (AvgIpc) is 3.40. The molecule has 0 aliphatic heterocycles. The number of hydrogen-bond donors (Lipinski definition) is 0. The second-order valence-electron chi connectivity index (χ2n) is 7.35. The second-order valence-corrected chi connectivity index (χ2v) is 9.25. The first kappa shape index (κ1) is 22.1. The van der Waals surface area contributed by atoms with E-state index in [1.807, 2.05) is 6.07 Å². The first-order valence-corrected chi connectivity index (χ1v) is 11.4. The summed E-state index contributed by atoms with van der Waals surface area (Å²) >= 11 is 0. The number of anilines is 1. The Morgan fingerprint density at radius 3 is 2.36 bits per heavy atom. The van der Waals surface area contributed by atoms with Gasteiger partial charge in [-0.25, -0.2) is 8.42 Å². The fourth-order valence-electron chi connectivity index (χ4n) is 3.27. The molecule has 1 aliphatic rings. The quantitative estimate of drug-likeness (QED) is 0.436. The molecule has 1 fully saturated rings. The van der Waals surface area contributed by atoms with Crippen molar-refractivity contribution in [3.63, 3.8) is 0 Å². The standard InChI is InChI=1S/C21H29NO5S/c1-6-27-21(24)18(16(4)23)8-7-11-22(28(5,25)26)20-13-15(3)14(2)12-19(20)17-9-10-17/h12-13,17-18H,2-3,6-11H2,1,4-5H3. The predicted octanol–water partition coefficient (Wildman–Crippen LogP) is 1.70. The average molecular weight is 408 g/mol. The van der Waals surface area contributed by atoms with Gasteiger partial charge in [-0.1, -0.05) is 13.2 Å². The van der Waals surface area contributed by atoms with Crippen LogP contribution in [0.5, 0.6) is 0 Å². The molecule has 1 unspecified atom stereocenters. The van der Waals surface area contributed by atoms with Crippen LogP contribution < -0.4 is 14.7 Å². The normalized spacial score (nSPS) is 15.1. The first-order chi connectivity index (χ1) is 13.1. The van der Waals surface area contributed by atoms with Crippen molar-refractivity contribution < 1.29 is 22.7 Å². The Balaban J connectivity index is 2.26. The summed E-state index contributed by atoms with van der Waals surface area (Å²) in [5.41, 5.74) is 1.59. The van der Waals surface area contributed by atoms with Gasteiger partial charge in [-0.15, -0.1) is 0 Å². The topological polar surface area (TPSA) is 80.8 Å². The summed E-state index contributed by atoms with van der Waals surface area (Å²) < 4.78 is 31.3. The zero-order valence-corrected chi connectivity index (χ0v) is 17.7. The summed E-state index contributed by atoms with van der Waals surface area (Å²) in [6.07, 6.45) is 3.81. The highest BCUT2D eigenvalue weighted by Gasteiger charge is 2.31. The van der Waals surface area contributed by atoms with Gasteiger partial charge in [-0.3, -0.25) is 13.9 Å². The third-order valence-corrected chi connectivity index (χ3v) is 6.13. The minimum atomic E-state index is -3.54. The van der Waals surface area contributed by atoms with Crippen molar-refractivity contribution in [2.45, 2.75) is 45.4 Å². The van der Waals surface area contributed by atoms with Crippen molar-refractivity contribution in [3.05, 3.63) is 28.1 Å². The second kappa shape index (κ2) is 8.90. The molecule has 6 nitrogen and oxygen atoms in total. The maximum absolute atomic E-state index is 12.5. The number of benzene rings is 1. The van der Waals surface area contributed by atoms with Crippen LogP contribution in [-0.2, 0) is 24.3 Å². The highest BCUT2D eigenvalue weighted by Crippen LogP contribution is 2.44. The van der Waals surface area contributed by atoms with Gasteiger partial charge in [0.1, 0.15) is 11.7 Å². The molecule has 7 heteroatoms. The van der Waals surface area contributed by atoms with Gasteiger partial charge in [0.15, 0.2) is 0 Å². The zero-order chi connectivity index (χ0) is 21.1. The Morgan fingerprint density at radius 2 is 1.86 bits per heavy atom. The summed E-state index contributed by atoms with van der Waals surface area (Å²) in [5.74, 6) is -1.36. The van der Waals surface area contributed by atoms with Gasteiger partial charge in [0, 0.05) is 6.54 Å². The van der Waals surface area contributed by atoms with E-state index >= 15 is 0 Å². The molecule has 1 saturated carbocycles. The molecular formula is C21H29NO5S. The molecule has 2 rings (SSSR count). The molecule has 1 atom stereocenters. The lowest BCUT2D eigenvalue weighted by atomic mass is 9.99. The highest BCUT2D eigenvalue weighted by atomic mass is 32.2. The Bertz CT molecular complexity index is 950. The summed E-state index contributed by atoms with van der Waals surface area (Å²) in [7, 11) is -3.54. The molecular weight excluding hydrogens is 378 g/mol. The third kappa shape index (κ3) is 5.44. The zero-order valence-electron chi connectivity index (χ0n) is 16.9. The van der Waals surface area contributed by atoms with Crippen LogP contribution in [0.2, 0.25) is 0 Å². The van der Waals surface area contributed by atoms with Gasteiger partial charge in [0.25, 0.3) is 0 Å². The van der Waals surface area contributed by atoms with E-state index in [0.29, 0.717) is 23.2 Å². The van der Waals surface area contributed by atoms with Crippen molar-refractivity contribution in [3.8, 4) is 0 Å². The molecule has 0 saturated heterocycles. The van der Waals surface area contributed by atoms with Crippen LogP contribution in [0.25, 0.3) is 13.2 Å². The number of nitrogens with zero attached hydrogens (tertiary/aromatic N) is 1. The smallest absolute Gasteiger partial charge is 0.316 e. The number of rotatable bonds is 10. The van der Waals surface area contributed by atoms with E-state index in [4.69, 9.17) is 4.74 Å². The molecule has 1 aromatic carbocycles. The lowest BCUT2D eigenvalue weighted by Crippen LogP contribution is -2.35. The van der Waals surface area contributed by atoms with Crippen molar-refractivity contribution in [2.75, 3.05) is 23.7 Å². The molecule has 0 aromatic heterocycles. The van der Waals surface area contributed by atoms with Crippen LogP contribution in [0.15, 0.2) is 12.1 Å². The van der Waals surface area contributed by atoms with E-state index in [2.05, 4.69) is 13.2 Å². The molecule has 28 heavy (non-hydrogen) atoms. The van der Waals surface area contributed by atoms with E-state index in [0.717, 1.165) is 23.6 Å². The van der Waals surface area contributed by atoms with E-state index in [-0.39, 0.29) is 25.4 Å². The first-order valence-electron chi connectivity index (χ1n) is 9.52. The van der Waals surface area contributed by atoms with Gasteiger partial charge in [-0.05, 0) is 73.6 Å². The van der Waals surface area contributed by atoms with E-state index in [1.165, 1.54) is 17.5 Å². The van der Waals surface area contributed by atoms with Gasteiger partial charge in [-0.2, -0.15) is 0 Å². The Kier molecular flexibility index (Phi) is 7.04. The van der Waals surface area contributed by atoms with Crippen LogP contribution in [0.4, 0.5) is 5.69 Å². The lowest BCUT2D eigenvalue weighted by molar-refractivity contribution is -0.151. The lowest BCUT2D eigenvalue weighted by Gasteiger charge is -2.26. The number of carbonyl (C=O) groups is 2. The fraction of sp³-hybridized carbons (Fsp3) is 0.524. The summed E-state index contributed by atoms with van der Waals surface area (Å²) in [6, 6.07) is 3.69. The molecule has 0 radical (unpaired) electrons. The number of esters is 1. The monoisotopic (exact) mass is 407 g/mol. The van der Waals surface area contributed by atoms with Crippen LogP contribution in [0.1, 0.15) is 51.0 Å². The Labute approximate surface area is 166 Å². The summed E-state index contributed by atoms with van der Waals surface area (Å²) in [6.45, 7) is 11.3. The van der Waals surface area contributed by atoms with E-state index in [9.17, 15) is 18.0 Å². The van der Waals surface area contributed by atoms with E-state index < -0.39 is 21.9 Å². The molecule has 0 N–H and O–H groups in total. The maximum atomic E-state index is 12.5. The third-order valence-electron chi connectivity index (χ3n) is 4.95. The minimum Gasteiger partial charge on any atom is -0.465 e. The Morgan fingerprint density at radius 1 is 1.25 bits per heavy atom. The highest BCUT2D eigenvalue weighted by molar-refractivity contribution is 7.92. The minimum absolute atomic E-state index is 0.178. The molecule has 0 bridgehead atoms.